The first kappa shape index (κ1) is 23.7. The molecule has 2 amide bonds. The smallest absolute Gasteiger partial charge is 0.255 e. The molecule has 174 valence electrons. The minimum absolute atomic E-state index is 0.0896. The Morgan fingerprint density at radius 1 is 1.00 bits per heavy atom. The van der Waals surface area contributed by atoms with Crippen molar-refractivity contribution in [1.29, 1.82) is 0 Å². The number of rotatable bonds is 9. The van der Waals surface area contributed by atoms with Crippen molar-refractivity contribution in [2.75, 3.05) is 24.7 Å². The van der Waals surface area contributed by atoms with Gasteiger partial charge < -0.3 is 19.9 Å². The van der Waals surface area contributed by atoms with Gasteiger partial charge in [0, 0.05) is 45.8 Å². The first-order valence-electron chi connectivity index (χ1n) is 10.7. The molecular formula is C26H24ClN3O3S. The number of anilines is 1. The van der Waals surface area contributed by atoms with Crippen molar-refractivity contribution in [3.8, 4) is 5.75 Å². The maximum Gasteiger partial charge on any atom is 0.255 e. The highest BCUT2D eigenvalue weighted by atomic mass is 35.5. The van der Waals surface area contributed by atoms with Gasteiger partial charge in [-0.1, -0.05) is 41.9 Å². The number of para-hydroxylation sites is 2. The van der Waals surface area contributed by atoms with Crippen LogP contribution in [0.2, 0.25) is 5.02 Å². The molecule has 0 saturated heterocycles. The maximum atomic E-state index is 12.6. The predicted molar refractivity (Wildman–Crippen MR) is 138 cm³/mol. The topological polar surface area (TPSA) is 72.4 Å². The van der Waals surface area contributed by atoms with Gasteiger partial charge in [0.15, 0.2) is 0 Å². The van der Waals surface area contributed by atoms with E-state index in [-0.39, 0.29) is 17.6 Å². The summed E-state index contributed by atoms with van der Waals surface area (Å²) < 4.78 is 7.37. The molecule has 0 fully saturated rings. The number of halogens is 1. The second-order valence-electron chi connectivity index (χ2n) is 7.50. The Morgan fingerprint density at radius 2 is 1.74 bits per heavy atom. The molecule has 0 aliphatic rings. The number of nitrogens with zero attached hydrogens (tertiary/aromatic N) is 1. The van der Waals surface area contributed by atoms with Crippen LogP contribution in [0.5, 0.6) is 5.75 Å². The number of thioether (sulfide) groups is 1. The first-order valence-corrected chi connectivity index (χ1v) is 12.1. The van der Waals surface area contributed by atoms with E-state index in [1.807, 2.05) is 42.6 Å². The summed E-state index contributed by atoms with van der Waals surface area (Å²) in [5.74, 6) is 0.554. The molecule has 34 heavy (non-hydrogen) atoms. The van der Waals surface area contributed by atoms with E-state index >= 15 is 0 Å². The van der Waals surface area contributed by atoms with E-state index in [0.29, 0.717) is 35.1 Å². The van der Waals surface area contributed by atoms with Gasteiger partial charge in [-0.2, -0.15) is 0 Å². The number of aromatic nitrogens is 1. The Kier molecular flexibility index (Phi) is 7.77. The average Bonchev–Trinajstić information content (AvgIpc) is 3.21. The van der Waals surface area contributed by atoms with Gasteiger partial charge in [0.1, 0.15) is 5.75 Å². The van der Waals surface area contributed by atoms with Crippen LogP contribution in [0.15, 0.2) is 83.9 Å². The highest BCUT2D eigenvalue weighted by Crippen LogP contribution is 2.30. The fraction of sp³-hybridized carbons (Fsp3) is 0.154. The molecule has 8 heteroatoms. The van der Waals surface area contributed by atoms with Crippen LogP contribution in [-0.4, -0.2) is 35.8 Å². The number of carbonyl (C=O) groups is 2. The number of methoxy groups -OCH3 is 1. The lowest BCUT2D eigenvalue weighted by molar-refractivity contribution is -0.113. The van der Waals surface area contributed by atoms with E-state index in [9.17, 15) is 9.59 Å². The van der Waals surface area contributed by atoms with Crippen molar-refractivity contribution >= 4 is 51.8 Å². The largest absolute Gasteiger partial charge is 0.496 e. The molecule has 4 rings (SSSR count). The summed E-state index contributed by atoms with van der Waals surface area (Å²) in [4.78, 5) is 26.0. The molecule has 6 nitrogen and oxygen atoms in total. The SMILES string of the molecule is COc1ccccc1C(=O)NCCn1cc(SCC(=O)Nc2ccc(Cl)cc2)c2ccccc21. The summed E-state index contributed by atoms with van der Waals surface area (Å²) in [6.45, 7) is 1.05. The molecule has 0 aliphatic heterocycles. The minimum Gasteiger partial charge on any atom is -0.496 e. The zero-order chi connectivity index (χ0) is 23.9. The Morgan fingerprint density at radius 3 is 2.53 bits per heavy atom. The van der Waals surface area contributed by atoms with Gasteiger partial charge in [0.25, 0.3) is 5.91 Å². The molecule has 0 spiro atoms. The molecular weight excluding hydrogens is 470 g/mol. The van der Waals surface area contributed by atoms with Crippen molar-refractivity contribution in [1.82, 2.24) is 9.88 Å². The van der Waals surface area contributed by atoms with Gasteiger partial charge in [-0.3, -0.25) is 9.59 Å². The van der Waals surface area contributed by atoms with Gasteiger partial charge in [-0.05, 0) is 42.5 Å². The van der Waals surface area contributed by atoms with Crippen LogP contribution < -0.4 is 15.4 Å². The van der Waals surface area contributed by atoms with Crippen LogP contribution in [0.25, 0.3) is 10.9 Å². The molecule has 0 saturated carbocycles. The van der Waals surface area contributed by atoms with Gasteiger partial charge in [-0.25, -0.2) is 0 Å². The summed E-state index contributed by atoms with van der Waals surface area (Å²) >= 11 is 7.38. The Balaban J connectivity index is 1.39. The number of nitrogens with one attached hydrogen (secondary N) is 2. The van der Waals surface area contributed by atoms with Crippen LogP contribution in [0, 0.1) is 0 Å². The molecule has 1 heterocycles. The molecule has 2 N–H and O–H groups in total. The van der Waals surface area contributed by atoms with Gasteiger partial charge in [0.2, 0.25) is 5.91 Å². The van der Waals surface area contributed by atoms with Crippen LogP contribution in [0.3, 0.4) is 0 Å². The lowest BCUT2D eigenvalue weighted by Gasteiger charge is -2.10. The zero-order valence-electron chi connectivity index (χ0n) is 18.6. The van der Waals surface area contributed by atoms with E-state index in [0.717, 1.165) is 15.8 Å². The third kappa shape index (κ3) is 5.73. The van der Waals surface area contributed by atoms with Crippen molar-refractivity contribution in [3.63, 3.8) is 0 Å². The highest BCUT2D eigenvalue weighted by molar-refractivity contribution is 8.00. The molecule has 0 atom stereocenters. The molecule has 1 aromatic heterocycles. The summed E-state index contributed by atoms with van der Waals surface area (Å²) in [6.07, 6.45) is 2.03. The van der Waals surface area contributed by atoms with E-state index in [1.54, 1.807) is 43.5 Å². The van der Waals surface area contributed by atoms with Crippen LogP contribution in [-0.2, 0) is 11.3 Å². The van der Waals surface area contributed by atoms with Crippen LogP contribution >= 0.6 is 23.4 Å². The first-order chi connectivity index (χ1) is 16.5. The number of carbonyl (C=O) groups excluding carboxylic acids is 2. The number of fused-ring (bicyclic) bond motifs is 1. The molecule has 0 bridgehead atoms. The number of hydrogen-bond acceptors (Lipinski definition) is 4. The summed E-state index contributed by atoms with van der Waals surface area (Å²) in [5.41, 5.74) is 2.27. The fourth-order valence-corrected chi connectivity index (χ4v) is 4.62. The quantitative estimate of drug-likeness (QED) is 0.303. The second kappa shape index (κ2) is 11.1. The van der Waals surface area contributed by atoms with Crippen molar-refractivity contribution < 1.29 is 14.3 Å². The highest BCUT2D eigenvalue weighted by Gasteiger charge is 2.13. The third-order valence-electron chi connectivity index (χ3n) is 5.23. The van der Waals surface area contributed by atoms with Crippen LogP contribution in [0.4, 0.5) is 5.69 Å². The van der Waals surface area contributed by atoms with Gasteiger partial charge in [0.05, 0.1) is 18.4 Å². The Hall–Kier alpha value is -3.42. The molecule has 0 radical (unpaired) electrons. The van der Waals surface area contributed by atoms with E-state index in [4.69, 9.17) is 16.3 Å². The summed E-state index contributed by atoms with van der Waals surface area (Å²) in [5, 5.41) is 7.54. The van der Waals surface area contributed by atoms with Crippen molar-refractivity contribution in [2.24, 2.45) is 0 Å². The molecule has 0 aliphatic carbocycles. The van der Waals surface area contributed by atoms with Crippen molar-refractivity contribution in [2.45, 2.75) is 11.4 Å². The Labute approximate surface area is 207 Å². The minimum atomic E-state index is -0.178. The van der Waals surface area contributed by atoms with Gasteiger partial charge >= 0.3 is 0 Å². The predicted octanol–water partition coefficient (Wildman–Crippen LogP) is 5.46. The molecule has 3 aromatic carbocycles. The van der Waals surface area contributed by atoms with Gasteiger partial charge in [-0.15, -0.1) is 11.8 Å². The van der Waals surface area contributed by atoms with E-state index < -0.39 is 0 Å². The number of amides is 2. The average molecular weight is 494 g/mol. The van der Waals surface area contributed by atoms with Crippen molar-refractivity contribution in [3.05, 3.63) is 89.6 Å². The lowest BCUT2D eigenvalue weighted by atomic mass is 10.2. The molecule has 0 unspecified atom stereocenters. The standard InChI is InChI=1S/C26H24ClN3O3S/c1-33-23-9-5-3-7-21(23)26(32)28-14-15-30-16-24(20-6-2-4-8-22(20)30)34-17-25(31)29-19-12-10-18(27)11-13-19/h2-13,16H,14-15,17H2,1H3,(H,28,32)(H,29,31). The fourth-order valence-electron chi connectivity index (χ4n) is 3.60. The summed E-state index contributed by atoms with van der Waals surface area (Å²) in [6, 6.07) is 22.2. The molecule has 4 aromatic rings. The number of hydrogen-bond donors (Lipinski definition) is 2. The van der Waals surface area contributed by atoms with Crippen LogP contribution in [0.1, 0.15) is 10.4 Å². The normalized spacial score (nSPS) is 10.8. The number of benzene rings is 3. The maximum absolute atomic E-state index is 12.6. The van der Waals surface area contributed by atoms with E-state index in [1.165, 1.54) is 11.8 Å². The monoisotopic (exact) mass is 493 g/mol. The Bertz CT molecular complexity index is 1300. The summed E-state index contributed by atoms with van der Waals surface area (Å²) in [7, 11) is 1.55. The third-order valence-corrected chi connectivity index (χ3v) is 6.52. The number of ether oxygens (including phenoxy) is 1. The zero-order valence-corrected chi connectivity index (χ0v) is 20.2. The van der Waals surface area contributed by atoms with E-state index in [2.05, 4.69) is 15.2 Å². The second-order valence-corrected chi connectivity index (χ2v) is 8.96. The lowest BCUT2D eigenvalue weighted by Crippen LogP contribution is -2.27.